The first-order valence-electron chi connectivity index (χ1n) is 9.23. The Hall–Kier alpha value is -2.75. The molecule has 9 heteroatoms. The van der Waals surface area contributed by atoms with E-state index in [0.717, 1.165) is 5.56 Å². The van der Waals surface area contributed by atoms with E-state index in [1.165, 1.54) is 16.4 Å². The van der Waals surface area contributed by atoms with Crippen LogP contribution in [0.5, 0.6) is 0 Å². The second-order valence-corrected chi connectivity index (χ2v) is 8.73. The molecular weight excluding hydrogens is 396 g/mol. The molecule has 1 fully saturated rings. The monoisotopic (exact) mass is 416 g/mol. The fraction of sp³-hybridized carbons (Fsp3) is 0.300. The van der Waals surface area contributed by atoms with Gasteiger partial charge in [-0.2, -0.15) is 4.31 Å². The van der Waals surface area contributed by atoms with Gasteiger partial charge in [0.1, 0.15) is 0 Å². The van der Waals surface area contributed by atoms with Crippen LogP contribution in [0.1, 0.15) is 15.9 Å². The Morgan fingerprint density at radius 1 is 1.07 bits per heavy atom. The van der Waals surface area contributed by atoms with E-state index in [2.05, 4.69) is 5.32 Å². The van der Waals surface area contributed by atoms with Gasteiger partial charge < -0.3 is 14.8 Å². The topological polar surface area (TPSA) is 102 Å². The summed E-state index contributed by atoms with van der Waals surface area (Å²) in [7, 11) is -3.68. The van der Waals surface area contributed by atoms with E-state index in [1.54, 1.807) is 36.4 Å². The predicted octanol–water partition coefficient (Wildman–Crippen LogP) is 1.43. The molecule has 0 aromatic heterocycles. The highest BCUT2D eigenvalue weighted by atomic mass is 32.2. The number of hydrogen-bond donors (Lipinski definition) is 1. The van der Waals surface area contributed by atoms with E-state index in [0.29, 0.717) is 24.5 Å². The molecule has 1 amide bonds. The van der Waals surface area contributed by atoms with Crippen molar-refractivity contribution in [1.29, 1.82) is 0 Å². The molecule has 0 radical (unpaired) electrons. The number of morpholine rings is 1. The number of anilines is 1. The highest BCUT2D eigenvalue weighted by Crippen LogP contribution is 2.23. The lowest BCUT2D eigenvalue weighted by molar-refractivity contribution is -0.125. The van der Waals surface area contributed by atoms with Gasteiger partial charge in [-0.3, -0.25) is 4.79 Å². The maximum Gasteiger partial charge on any atom is 0.339 e. The van der Waals surface area contributed by atoms with Crippen molar-refractivity contribution in [2.24, 2.45) is 0 Å². The summed E-state index contributed by atoms with van der Waals surface area (Å²) >= 11 is 0. The van der Waals surface area contributed by atoms with Crippen molar-refractivity contribution < 1.29 is 27.5 Å². The van der Waals surface area contributed by atoms with Gasteiger partial charge in [-0.1, -0.05) is 24.3 Å². The molecular formula is C20H20N2O6S. The van der Waals surface area contributed by atoms with Crippen molar-refractivity contribution in [2.75, 3.05) is 31.6 Å². The largest absolute Gasteiger partial charge is 0.448 e. The summed E-state index contributed by atoms with van der Waals surface area (Å²) in [4.78, 5) is 24.8. The highest BCUT2D eigenvalue weighted by molar-refractivity contribution is 7.89. The van der Waals surface area contributed by atoms with Crippen molar-refractivity contribution >= 4 is 27.6 Å². The second-order valence-electron chi connectivity index (χ2n) is 6.79. The number of hydrogen-bond acceptors (Lipinski definition) is 6. The van der Waals surface area contributed by atoms with Crippen LogP contribution in [0.2, 0.25) is 0 Å². The maximum absolute atomic E-state index is 12.8. The number of carbonyl (C=O) groups is 2. The number of ether oxygens (including phenoxy) is 2. The number of rotatable bonds is 4. The zero-order chi connectivity index (χ0) is 20.4. The lowest BCUT2D eigenvalue weighted by Gasteiger charge is -2.26. The number of fused-ring (bicyclic) bond motifs is 1. The number of esters is 1. The smallest absolute Gasteiger partial charge is 0.339 e. The highest BCUT2D eigenvalue weighted by Gasteiger charge is 2.31. The van der Waals surface area contributed by atoms with Crippen molar-refractivity contribution in [3.05, 3.63) is 59.7 Å². The number of sulfonamides is 1. The zero-order valence-electron chi connectivity index (χ0n) is 15.5. The first-order chi connectivity index (χ1) is 13.9. The van der Waals surface area contributed by atoms with Crippen LogP contribution >= 0.6 is 0 Å². The van der Waals surface area contributed by atoms with E-state index in [1.807, 2.05) is 0 Å². The molecule has 8 nitrogen and oxygen atoms in total. The fourth-order valence-electron chi connectivity index (χ4n) is 3.37. The minimum absolute atomic E-state index is 0.0863. The van der Waals surface area contributed by atoms with Gasteiger partial charge in [0, 0.05) is 25.2 Å². The molecule has 4 rings (SSSR count). The molecule has 0 unspecified atom stereocenters. The summed E-state index contributed by atoms with van der Waals surface area (Å²) in [6, 6.07) is 13.0. The number of carbonyl (C=O) groups excluding carboxylic acids is 2. The second kappa shape index (κ2) is 7.94. The summed E-state index contributed by atoms with van der Waals surface area (Å²) in [5, 5.41) is 2.65. The molecule has 1 N–H and O–H groups in total. The molecule has 2 heterocycles. The van der Waals surface area contributed by atoms with E-state index in [9.17, 15) is 18.0 Å². The minimum atomic E-state index is -3.68. The van der Waals surface area contributed by atoms with Crippen LogP contribution in [0.15, 0.2) is 53.4 Å². The third-order valence-electron chi connectivity index (χ3n) is 4.89. The van der Waals surface area contributed by atoms with Crippen LogP contribution in [-0.4, -0.2) is 57.0 Å². The molecule has 0 aliphatic carbocycles. The number of cyclic esters (lactones) is 1. The van der Waals surface area contributed by atoms with Crippen LogP contribution in [0, 0.1) is 0 Å². The van der Waals surface area contributed by atoms with E-state index < -0.39 is 28.0 Å². The summed E-state index contributed by atoms with van der Waals surface area (Å²) < 4.78 is 37.4. The lowest BCUT2D eigenvalue weighted by Crippen LogP contribution is -2.40. The van der Waals surface area contributed by atoms with Gasteiger partial charge in [-0.25, -0.2) is 13.2 Å². The van der Waals surface area contributed by atoms with Crippen molar-refractivity contribution in [3.63, 3.8) is 0 Å². The maximum atomic E-state index is 12.8. The van der Waals surface area contributed by atoms with Gasteiger partial charge in [-0.05, 0) is 29.8 Å². The van der Waals surface area contributed by atoms with Crippen LogP contribution in [0.4, 0.5) is 5.69 Å². The average Bonchev–Trinajstić information content (AvgIpc) is 2.74. The van der Waals surface area contributed by atoms with Gasteiger partial charge in [0.2, 0.25) is 10.0 Å². The van der Waals surface area contributed by atoms with E-state index in [4.69, 9.17) is 9.47 Å². The van der Waals surface area contributed by atoms with Gasteiger partial charge in [0.25, 0.3) is 5.91 Å². The molecule has 1 atom stereocenters. The third-order valence-corrected chi connectivity index (χ3v) is 6.79. The molecule has 0 spiro atoms. The summed E-state index contributed by atoms with van der Waals surface area (Å²) in [6.45, 7) is 1.28. The molecule has 29 heavy (non-hydrogen) atoms. The number of benzene rings is 2. The molecule has 2 aromatic carbocycles. The first kappa shape index (κ1) is 19.6. The Morgan fingerprint density at radius 2 is 1.83 bits per heavy atom. The Balaban J connectivity index is 1.50. The quantitative estimate of drug-likeness (QED) is 0.757. The van der Waals surface area contributed by atoms with Crippen molar-refractivity contribution in [3.8, 4) is 0 Å². The summed E-state index contributed by atoms with van der Waals surface area (Å²) in [5.74, 6) is -1.05. The molecule has 0 bridgehead atoms. The Kier molecular flexibility index (Phi) is 5.35. The third kappa shape index (κ3) is 4.02. The fourth-order valence-corrected chi connectivity index (χ4v) is 4.83. The summed E-state index contributed by atoms with van der Waals surface area (Å²) in [6.07, 6.45) is -0.712. The molecule has 2 aromatic rings. The van der Waals surface area contributed by atoms with E-state index in [-0.39, 0.29) is 24.4 Å². The minimum Gasteiger partial charge on any atom is -0.448 e. The molecule has 152 valence electrons. The van der Waals surface area contributed by atoms with Crippen molar-refractivity contribution in [1.82, 2.24) is 4.31 Å². The molecule has 2 aliphatic rings. The average molecular weight is 416 g/mol. The number of nitrogens with one attached hydrogen (secondary N) is 1. The van der Waals surface area contributed by atoms with Gasteiger partial charge in [0.05, 0.1) is 23.7 Å². The zero-order valence-corrected chi connectivity index (χ0v) is 16.4. The summed E-state index contributed by atoms with van der Waals surface area (Å²) in [5.41, 5.74) is 1.52. The van der Waals surface area contributed by atoms with E-state index >= 15 is 0 Å². The van der Waals surface area contributed by atoms with Crippen LogP contribution in [-0.2, 0) is 30.7 Å². The van der Waals surface area contributed by atoms with Gasteiger partial charge in [-0.15, -0.1) is 0 Å². The van der Waals surface area contributed by atoms with Gasteiger partial charge in [0.15, 0.2) is 6.10 Å². The number of amides is 1. The Labute approximate surface area is 168 Å². The van der Waals surface area contributed by atoms with Crippen molar-refractivity contribution in [2.45, 2.75) is 17.4 Å². The van der Waals surface area contributed by atoms with Gasteiger partial charge >= 0.3 is 5.97 Å². The van der Waals surface area contributed by atoms with Crippen LogP contribution < -0.4 is 5.32 Å². The predicted molar refractivity (Wildman–Crippen MR) is 104 cm³/mol. The first-order valence-corrected chi connectivity index (χ1v) is 10.7. The molecule has 2 aliphatic heterocycles. The molecule has 1 saturated heterocycles. The standard InChI is InChI=1S/C20H20N2O6S/c23-19(18-12-14-4-1-2-7-17(14)20(24)28-18)21-15-5-3-6-16(13-15)29(25,26)22-8-10-27-11-9-22/h1-7,13,18H,8-12H2,(H,21,23)/t18-/m1/s1. The van der Waals surface area contributed by atoms with Crippen LogP contribution in [0.3, 0.4) is 0 Å². The normalized spacial score (nSPS) is 19.9. The Bertz CT molecular complexity index is 1050. The van der Waals surface area contributed by atoms with Crippen LogP contribution in [0.25, 0.3) is 0 Å². The lowest BCUT2D eigenvalue weighted by atomic mass is 9.98. The molecule has 0 saturated carbocycles. The SMILES string of the molecule is O=C1O[C@@H](C(=O)Nc2cccc(S(=O)(=O)N3CCOCC3)c2)Cc2ccccc21. The number of nitrogens with zero attached hydrogens (tertiary/aromatic N) is 1. The Morgan fingerprint density at radius 3 is 2.62 bits per heavy atom.